The van der Waals surface area contributed by atoms with Gasteiger partial charge in [0.25, 0.3) is 0 Å². The van der Waals surface area contributed by atoms with Crippen molar-refractivity contribution in [2.24, 2.45) is 16.8 Å². The first-order valence-electron chi connectivity index (χ1n) is 6.83. The molecule has 0 aliphatic carbocycles. The number of ether oxygens (including phenoxy) is 1. The summed E-state index contributed by atoms with van der Waals surface area (Å²) in [5.41, 5.74) is 0. The van der Waals surface area contributed by atoms with E-state index in [4.69, 9.17) is 4.74 Å². The number of guanidine groups is 1. The van der Waals surface area contributed by atoms with Crippen LogP contribution in [-0.2, 0) is 4.74 Å². The summed E-state index contributed by atoms with van der Waals surface area (Å²) in [4.78, 5) is 9.24. The number of aliphatic imine (C=N–C) groups is 1. The first-order chi connectivity index (χ1) is 8.20. The molecule has 3 heterocycles. The van der Waals surface area contributed by atoms with E-state index in [0.717, 1.165) is 37.4 Å². The van der Waals surface area contributed by atoms with E-state index in [2.05, 4.69) is 35.8 Å². The van der Waals surface area contributed by atoms with Gasteiger partial charge >= 0.3 is 0 Å². The van der Waals surface area contributed by atoms with Gasteiger partial charge in [0.05, 0.1) is 12.2 Å². The highest BCUT2D eigenvalue weighted by atomic mass is 16.5. The fraction of sp³-hybridized carbons (Fsp3) is 0.923. The van der Waals surface area contributed by atoms with Crippen LogP contribution in [0.2, 0.25) is 0 Å². The van der Waals surface area contributed by atoms with E-state index < -0.39 is 0 Å². The van der Waals surface area contributed by atoms with Gasteiger partial charge in [0.1, 0.15) is 0 Å². The lowest BCUT2D eigenvalue weighted by Crippen LogP contribution is -2.40. The van der Waals surface area contributed by atoms with Gasteiger partial charge in [-0.3, -0.25) is 4.99 Å². The van der Waals surface area contributed by atoms with Gasteiger partial charge < -0.3 is 14.5 Å². The Morgan fingerprint density at radius 3 is 2.29 bits per heavy atom. The third-order valence-corrected chi connectivity index (χ3v) is 4.44. The Kier molecular flexibility index (Phi) is 2.77. The molecule has 96 valence electrons. The zero-order valence-electron chi connectivity index (χ0n) is 11.1. The number of fused-ring (bicyclic) bond motifs is 5. The molecule has 2 bridgehead atoms. The SMILES string of the molecule is CCN=C(N(C)C)N1CC2C3CCC(O3)C2C1. The van der Waals surface area contributed by atoms with E-state index >= 15 is 0 Å². The van der Waals surface area contributed by atoms with Crippen molar-refractivity contribution in [1.29, 1.82) is 0 Å². The molecule has 3 fully saturated rings. The van der Waals surface area contributed by atoms with Gasteiger partial charge in [0.15, 0.2) is 5.96 Å². The molecule has 3 aliphatic heterocycles. The second-order valence-electron chi connectivity index (χ2n) is 5.69. The zero-order chi connectivity index (χ0) is 12.0. The van der Waals surface area contributed by atoms with E-state index in [1.54, 1.807) is 0 Å². The molecule has 3 aliphatic rings. The molecule has 0 aromatic carbocycles. The second kappa shape index (κ2) is 4.16. The predicted octanol–water partition coefficient (Wildman–Crippen LogP) is 1.03. The number of hydrogen-bond acceptors (Lipinski definition) is 2. The van der Waals surface area contributed by atoms with Crippen molar-refractivity contribution in [2.45, 2.75) is 32.0 Å². The van der Waals surface area contributed by atoms with Gasteiger partial charge in [0, 0.05) is 45.6 Å². The van der Waals surface area contributed by atoms with Crippen molar-refractivity contribution < 1.29 is 4.74 Å². The van der Waals surface area contributed by atoms with Crippen LogP contribution in [0.15, 0.2) is 4.99 Å². The first kappa shape index (κ1) is 11.3. The van der Waals surface area contributed by atoms with Crippen molar-refractivity contribution in [3.8, 4) is 0 Å². The van der Waals surface area contributed by atoms with Crippen LogP contribution in [0.3, 0.4) is 0 Å². The van der Waals surface area contributed by atoms with Crippen molar-refractivity contribution in [3.63, 3.8) is 0 Å². The number of likely N-dealkylation sites (tertiary alicyclic amines) is 1. The average Bonchev–Trinajstić information content (AvgIpc) is 2.96. The monoisotopic (exact) mass is 237 g/mol. The molecular weight excluding hydrogens is 214 g/mol. The van der Waals surface area contributed by atoms with Crippen LogP contribution >= 0.6 is 0 Å². The Morgan fingerprint density at radius 2 is 1.82 bits per heavy atom. The fourth-order valence-electron chi connectivity index (χ4n) is 3.79. The third kappa shape index (κ3) is 1.73. The maximum absolute atomic E-state index is 6.01. The molecular formula is C13H23N3O. The second-order valence-corrected chi connectivity index (χ2v) is 5.69. The van der Waals surface area contributed by atoms with Crippen LogP contribution in [0.4, 0.5) is 0 Å². The molecule has 4 atom stereocenters. The summed E-state index contributed by atoms with van der Waals surface area (Å²) >= 11 is 0. The smallest absolute Gasteiger partial charge is 0.196 e. The molecule has 4 nitrogen and oxygen atoms in total. The minimum atomic E-state index is 0.542. The van der Waals surface area contributed by atoms with Gasteiger partial charge in [0.2, 0.25) is 0 Å². The van der Waals surface area contributed by atoms with E-state index in [0.29, 0.717) is 12.2 Å². The molecule has 0 aromatic heterocycles. The lowest BCUT2D eigenvalue weighted by Gasteiger charge is -2.27. The first-order valence-corrected chi connectivity index (χ1v) is 6.83. The molecule has 0 N–H and O–H groups in total. The average molecular weight is 237 g/mol. The molecule has 17 heavy (non-hydrogen) atoms. The van der Waals surface area contributed by atoms with Crippen LogP contribution in [0, 0.1) is 11.8 Å². The molecule has 4 heteroatoms. The Morgan fingerprint density at radius 1 is 1.24 bits per heavy atom. The Labute approximate surface area is 104 Å². The molecule has 3 rings (SSSR count). The summed E-state index contributed by atoms with van der Waals surface area (Å²) in [6.45, 7) is 5.25. The van der Waals surface area contributed by atoms with Crippen molar-refractivity contribution in [1.82, 2.24) is 9.80 Å². The van der Waals surface area contributed by atoms with Gasteiger partial charge in [-0.1, -0.05) is 0 Å². The van der Waals surface area contributed by atoms with E-state index in [-0.39, 0.29) is 0 Å². The summed E-state index contributed by atoms with van der Waals surface area (Å²) in [5, 5.41) is 0. The third-order valence-electron chi connectivity index (χ3n) is 4.44. The standard InChI is InChI=1S/C13H23N3O/c1-4-14-13(15(2)3)16-7-9-10(8-16)12-6-5-11(9)17-12/h9-12H,4-8H2,1-3H3. The summed E-state index contributed by atoms with van der Waals surface area (Å²) in [5.74, 6) is 2.67. The Balaban J connectivity index is 1.74. The van der Waals surface area contributed by atoms with Crippen LogP contribution < -0.4 is 0 Å². The molecule has 0 aromatic rings. The highest BCUT2D eigenvalue weighted by Crippen LogP contribution is 2.47. The van der Waals surface area contributed by atoms with E-state index in [1.165, 1.54) is 12.8 Å². The fourth-order valence-corrected chi connectivity index (χ4v) is 3.79. The number of hydrogen-bond donors (Lipinski definition) is 0. The van der Waals surface area contributed by atoms with E-state index in [1.807, 2.05) is 0 Å². The molecule has 0 radical (unpaired) electrons. The van der Waals surface area contributed by atoms with Crippen molar-refractivity contribution >= 4 is 5.96 Å². The van der Waals surface area contributed by atoms with Crippen LogP contribution in [0.1, 0.15) is 19.8 Å². The van der Waals surface area contributed by atoms with E-state index in [9.17, 15) is 0 Å². The Bertz CT molecular complexity index is 311. The van der Waals surface area contributed by atoms with Gasteiger partial charge in [-0.2, -0.15) is 0 Å². The highest BCUT2D eigenvalue weighted by molar-refractivity contribution is 5.80. The molecule has 4 unspecified atom stereocenters. The predicted molar refractivity (Wildman–Crippen MR) is 68.1 cm³/mol. The minimum Gasteiger partial charge on any atom is -0.374 e. The topological polar surface area (TPSA) is 28.1 Å². The summed E-state index contributed by atoms with van der Waals surface area (Å²) in [6, 6.07) is 0. The molecule has 3 saturated heterocycles. The largest absolute Gasteiger partial charge is 0.374 e. The maximum atomic E-state index is 6.01. The van der Waals surface area contributed by atoms with Crippen molar-refractivity contribution in [3.05, 3.63) is 0 Å². The van der Waals surface area contributed by atoms with Gasteiger partial charge in [-0.15, -0.1) is 0 Å². The van der Waals surface area contributed by atoms with Gasteiger partial charge in [-0.05, 0) is 19.8 Å². The lowest BCUT2D eigenvalue weighted by molar-refractivity contribution is 0.0762. The molecule has 0 amide bonds. The van der Waals surface area contributed by atoms with Gasteiger partial charge in [-0.25, -0.2) is 0 Å². The quantitative estimate of drug-likeness (QED) is 0.504. The van der Waals surface area contributed by atoms with Crippen LogP contribution in [0.25, 0.3) is 0 Å². The summed E-state index contributed by atoms with van der Waals surface area (Å²) in [6.07, 6.45) is 3.64. The summed E-state index contributed by atoms with van der Waals surface area (Å²) in [7, 11) is 4.18. The maximum Gasteiger partial charge on any atom is 0.196 e. The normalized spacial score (nSPS) is 39.9. The zero-order valence-corrected chi connectivity index (χ0v) is 11.1. The number of rotatable bonds is 1. The van der Waals surface area contributed by atoms with Crippen molar-refractivity contribution in [2.75, 3.05) is 33.7 Å². The summed E-state index contributed by atoms with van der Waals surface area (Å²) < 4.78 is 6.01. The number of nitrogens with zero attached hydrogens (tertiary/aromatic N) is 3. The minimum absolute atomic E-state index is 0.542. The Hall–Kier alpha value is -0.770. The molecule has 0 saturated carbocycles. The highest BCUT2D eigenvalue weighted by Gasteiger charge is 2.53. The lowest BCUT2D eigenvalue weighted by atomic mass is 9.82. The van der Waals surface area contributed by atoms with Crippen LogP contribution in [0.5, 0.6) is 0 Å². The molecule has 0 spiro atoms. The van der Waals surface area contributed by atoms with Crippen LogP contribution in [-0.4, -0.2) is 61.7 Å².